The molecule has 0 aliphatic heterocycles. The summed E-state index contributed by atoms with van der Waals surface area (Å²) < 4.78 is 5.64. The van der Waals surface area contributed by atoms with E-state index in [9.17, 15) is 9.59 Å². The van der Waals surface area contributed by atoms with Crippen LogP contribution >= 0.6 is 11.8 Å². The van der Waals surface area contributed by atoms with E-state index in [0.29, 0.717) is 28.8 Å². The maximum absolute atomic E-state index is 12.4. The lowest BCUT2D eigenvalue weighted by molar-refractivity contribution is -0.116. The molecule has 0 saturated carbocycles. The molecule has 1 amide bonds. The van der Waals surface area contributed by atoms with Crippen LogP contribution in [-0.2, 0) is 4.79 Å². The van der Waals surface area contributed by atoms with Crippen molar-refractivity contribution in [2.75, 3.05) is 11.1 Å². The number of Topliss-reactive ketones (excluding diaryl/α,β-unsaturated/α-hetero) is 1. The minimum Gasteiger partial charge on any atom is -0.411 e. The van der Waals surface area contributed by atoms with Crippen molar-refractivity contribution in [3.05, 3.63) is 59.7 Å². The molecular formula is C21H21N3O3S. The number of aromatic nitrogens is 2. The monoisotopic (exact) mass is 395 g/mol. The van der Waals surface area contributed by atoms with E-state index >= 15 is 0 Å². The number of carbonyl (C=O) groups excluding carboxylic acids is 2. The molecule has 1 heterocycles. The zero-order valence-electron chi connectivity index (χ0n) is 15.8. The van der Waals surface area contributed by atoms with Gasteiger partial charge in [0, 0.05) is 23.2 Å². The molecule has 144 valence electrons. The number of aryl methyl sites for hydroxylation is 1. The molecule has 0 fully saturated rings. The molecule has 3 aromatic rings. The average molecular weight is 395 g/mol. The molecule has 0 saturated heterocycles. The largest absolute Gasteiger partial charge is 0.411 e. The molecule has 0 bridgehead atoms. The maximum Gasteiger partial charge on any atom is 0.277 e. The Labute approximate surface area is 167 Å². The first-order chi connectivity index (χ1) is 13.5. The summed E-state index contributed by atoms with van der Waals surface area (Å²) >= 11 is 1.20. The van der Waals surface area contributed by atoms with Crippen LogP contribution in [-0.4, -0.2) is 27.6 Å². The lowest BCUT2D eigenvalue weighted by atomic mass is 10.1. The van der Waals surface area contributed by atoms with E-state index < -0.39 is 0 Å². The van der Waals surface area contributed by atoms with Gasteiger partial charge in [-0.2, -0.15) is 0 Å². The van der Waals surface area contributed by atoms with Gasteiger partial charge in [0.25, 0.3) is 5.22 Å². The molecule has 28 heavy (non-hydrogen) atoms. The number of hydrogen-bond donors (Lipinski definition) is 1. The highest BCUT2D eigenvalue weighted by atomic mass is 32.2. The number of nitrogens with zero attached hydrogens (tertiary/aromatic N) is 2. The standard InChI is InChI=1S/C21H21N3O3S/c1-3-5-19(26)22-17-10-8-15(9-11-17)18(25)13-28-21-24-23-20(27-21)16-7-4-6-14(2)12-16/h4,6-12H,3,5,13H2,1-2H3,(H,22,26). The molecule has 0 radical (unpaired) electrons. The number of benzene rings is 2. The Morgan fingerprint density at radius 3 is 2.61 bits per heavy atom. The van der Waals surface area contributed by atoms with Gasteiger partial charge in [0.05, 0.1) is 5.75 Å². The summed E-state index contributed by atoms with van der Waals surface area (Å²) in [6, 6.07) is 14.7. The molecule has 3 rings (SSSR count). The summed E-state index contributed by atoms with van der Waals surface area (Å²) in [7, 11) is 0. The van der Waals surface area contributed by atoms with Crippen molar-refractivity contribution >= 4 is 29.1 Å². The molecule has 6 nitrogen and oxygen atoms in total. The quantitative estimate of drug-likeness (QED) is 0.437. The summed E-state index contributed by atoms with van der Waals surface area (Å²) in [5.41, 5.74) is 3.21. The zero-order chi connectivity index (χ0) is 19.9. The van der Waals surface area contributed by atoms with Gasteiger partial charge in [0.15, 0.2) is 5.78 Å². The van der Waals surface area contributed by atoms with Crippen LogP contribution in [0.3, 0.4) is 0 Å². The van der Waals surface area contributed by atoms with E-state index in [2.05, 4.69) is 15.5 Å². The molecule has 1 N–H and O–H groups in total. The second kappa shape index (κ2) is 9.32. The third-order valence-electron chi connectivity index (χ3n) is 3.97. The van der Waals surface area contributed by atoms with Crippen molar-refractivity contribution in [1.82, 2.24) is 10.2 Å². The lowest BCUT2D eigenvalue weighted by Gasteiger charge is -2.05. The molecule has 0 spiro atoms. The predicted molar refractivity (Wildman–Crippen MR) is 110 cm³/mol. The van der Waals surface area contributed by atoms with Crippen molar-refractivity contribution < 1.29 is 14.0 Å². The smallest absolute Gasteiger partial charge is 0.277 e. The third-order valence-corrected chi connectivity index (χ3v) is 4.78. The molecule has 1 aromatic heterocycles. The Morgan fingerprint density at radius 1 is 1.11 bits per heavy atom. The normalized spacial score (nSPS) is 10.6. The predicted octanol–water partition coefficient (Wildman–Crippen LogP) is 4.76. The van der Waals surface area contributed by atoms with Gasteiger partial charge in [-0.25, -0.2) is 0 Å². The molecular weight excluding hydrogens is 374 g/mol. The highest BCUT2D eigenvalue weighted by Gasteiger charge is 2.13. The minimum atomic E-state index is -0.0493. The summed E-state index contributed by atoms with van der Waals surface area (Å²) in [6.07, 6.45) is 1.27. The first kappa shape index (κ1) is 19.8. The number of hydrogen-bond acceptors (Lipinski definition) is 6. The highest BCUT2D eigenvalue weighted by Crippen LogP contribution is 2.24. The summed E-state index contributed by atoms with van der Waals surface area (Å²) in [5.74, 6) is 0.548. The average Bonchev–Trinajstić information content (AvgIpc) is 3.16. The van der Waals surface area contributed by atoms with Crippen LogP contribution < -0.4 is 5.32 Å². The van der Waals surface area contributed by atoms with Gasteiger partial charge < -0.3 is 9.73 Å². The van der Waals surface area contributed by atoms with E-state index in [-0.39, 0.29) is 17.4 Å². The highest BCUT2D eigenvalue weighted by molar-refractivity contribution is 7.99. The SMILES string of the molecule is CCCC(=O)Nc1ccc(C(=O)CSc2nnc(-c3cccc(C)c3)o2)cc1. The number of rotatable bonds is 8. The Morgan fingerprint density at radius 2 is 1.89 bits per heavy atom. The lowest BCUT2D eigenvalue weighted by Crippen LogP contribution is -2.10. The van der Waals surface area contributed by atoms with Crippen LogP contribution in [0.25, 0.3) is 11.5 Å². The van der Waals surface area contributed by atoms with Crippen LogP contribution in [0, 0.1) is 6.92 Å². The van der Waals surface area contributed by atoms with Crippen LogP contribution in [0.4, 0.5) is 5.69 Å². The maximum atomic E-state index is 12.4. The van der Waals surface area contributed by atoms with Gasteiger partial charge >= 0.3 is 0 Å². The van der Waals surface area contributed by atoms with E-state index in [1.54, 1.807) is 24.3 Å². The van der Waals surface area contributed by atoms with Gasteiger partial charge in [-0.1, -0.05) is 36.4 Å². The van der Waals surface area contributed by atoms with Crippen LogP contribution in [0.15, 0.2) is 58.2 Å². The molecule has 0 unspecified atom stereocenters. The van der Waals surface area contributed by atoms with Gasteiger partial charge in [-0.05, 0) is 49.7 Å². The van der Waals surface area contributed by atoms with Crippen molar-refractivity contribution in [2.45, 2.75) is 31.9 Å². The first-order valence-electron chi connectivity index (χ1n) is 9.01. The molecule has 0 aliphatic carbocycles. The van der Waals surface area contributed by atoms with E-state index in [1.807, 2.05) is 38.1 Å². The fourth-order valence-electron chi connectivity index (χ4n) is 2.56. The van der Waals surface area contributed by atoms with Gasteiger partial charge in [0.1, 0.15) is 0 Å². The Kier molecular flexibility index (Phi) is 6.60. The van der Waals surface area contributed by atoms with Gasteiger partial charge in [-0.3, -0.25) is 9.59 Å². The van der Waals surface area contributed by atoms with Crippen molar-refractivity contribution in [3.63, 3.8) is 0 Å². The number of nitrogens with one attached hydrogen (secondary N) is 1. The van der Waals surface area contributed by atoms with E-state index in [4.69, 9.17) is 4.42 Å². The molecule has 2 aromatic carbocycles. The number of ketones is 1. The number of thioether (sulfide) groups is 1. The Balaban J connectivity index is 1.56. The summed E-state index contributed by atoms with van der Waals surface area (Å²) in [5, 5.41) is 11.2. The van der Waals surface area contributed by atoms with Crippen LogP contribution in [0.5, 0.6) is 0 Å². The topological polar surface area (TPSA) is 85.1 Å². The van der Waals surface area contributed by atoms with Crippen molar-refractivity contribution in [3.8, 4) is 11.5 Å². The number of carbonyl (C=O) groups is 2. The Hall–Kier alpha value is -2.93. The first-order valence-corrected chi connectivity index (χ1v) is 10.00. The summed E-state index contributed by atoms with van der Waals surface area (Å²) in [6.45, 7) is 3.95. The fraction of sp³-hybridized carbons (Fsp3) is 0.238. The molecule has 0 atom stereocenters. The molecule has 7 heteroatoms. The zero-order valence-corrected chi connectivity index (χ0v) is 16.6. The third kappa shape index (κ3) is 5.29. The Bertz CT molecular complexity index is 967. The van der Waals surface area contributed by atoms with Crippen LogP contribution in [0.1, 0.15) is 35.7 Å². The van der Waals surface area contributed by atoms with Gasteiger partial charge in [0.2, 0.25) is 11.8 Å². The van der Waals surface area contributed by atoms with Crippen LogP contribution in [0.2, 0.25) is 0 Å². The van der Waals surface area contributed by atoms with E-state index in [0.717, 1.165) is 17.5 Å². The van der Waals surface area contributed by atoms with Crippen molar-refractivity contribution in [1.29, 1.82) is 0 Å². The number of anilines is 1. The second-order valence-corrected chi connectivity index (χ2v) is 7.26. The molecule has 0 aliphatic rings. The fourth-order valence-corrected chi connectivity index (χ4v) is 3.22. The van der Waals surface area contributed by atoms with Gasteiger partial charge in [-0.15, -0.1) is 10.2 Å². The van der Waals surface area contributed by atoms with E-state index in [1.165, 1.54) is 11.8 Å². The summed E-state index contributed by atoms with van der Waals surface area (Å²) in [4.78, 5) is 24.0. The minimum absolute atomic E-state index is 0.0297. The number of amides is 1. The van der Waals surface area contributed by atoms with Crippen molar-refractivity contribution in [2.24, 2.45) is 0 Å². The second-order valence-electron chi connectivity index (χ2n) is 6.33.